The van der Waals surface area contributed by atoms with E-state index in [0.717, 1.165) is 45.5 Å². The van der Waals surface area contributed by atoms with Gasteiger partial charge >= 0.3 is 5.63 Å². The van der Waals surface area contributed by atoms with Gasteiger partial charge in [0.2, 0.25) is 0 Å². The van der Waals surface area contributed by atoms with Crippen molar-refractivity contribution in [3.05, 3.63) is 74.4 Å². The smallest absolute Gasteiger partial charge is 0.339 e. The van der Waals surface area contributed by atoms with Crippen LogP contribution in [0.5, 0.6) is 5.75 Å². The van der Waals surface area contributed by atoms with Crippen LogP contribution in [0.2, 0.25) is 0 Å². The number of fused-ring (bicyclic) bond motifs is 2. The molecule has 4 nitrogen and oxygen atoms in total. The monoisotopic (exact) mass is 367 g/mol. The van der Waals surface area contributed by atoms with Crippen molar-refractivity contribution in [1.29, 1.82) is 0 Å². The van der Waals surface area contributed by atoms with Crippen LogP contribution in [-0.4, -0.2) is 11.6 Å². The van der Waals surface area contributed by atoms with Crippen LogP contribution in [0.3, 0.4) is 0 Å². The van der Waals surface area contributed by atoms with Gasteiger partial charge in [0.15, 0.2) is 0 Å². The molecule has 0 atom stereocenters. The summed E-state index contributed by atoms with van der Waals surface area (Å²) in [5.74, 6) is 0.564. The molecular formula is C22H22FNO3. The van der Waals surface area contributed by atoms with Gasteiger partial charge in [-0.15, -0.1) is 0 Å². The normalized spacial score (nSPS) is 14.2. The summed E-state index contributed by atoms with van der Waals surface area (Å²) < 4.78 is 24.7. The van der Waals surface area contributed by atoms with Gasteiger partial charge in [0.25, 0.3) is 0 Å². The molecule has 5 heteroatoms. The molecule has 0 amide bonds. The number of rotatable bonds is 3. The Balaban J connectivity index is 1.72. The van der Waals surface area contributed by atoms with Crippen molar-refractivity contribution in [3.63, 3.8) is 0 Å². The minimum absolute atomic E-state index is 0.232. The average Bonchev–Trinajstić information content (AvgIpc) is 2.65. The minimum atomic E-state index is -0.265. The van der Waals surface area contributed by atoms with Crippen molar-refractivity contribution in [3.8, 4) is 5.75 Å². The SMILES string of the molecule is CCc1c(C)c2cc3c(c(C)c2oc1=O)OCN(Cc1ccc(F)cc1)C3. The molecule has 2 aromatic carbocycles. The summed E-state index contributed by atoms with van der Waals surface area (Å²) in [5, 5.41) is 0.968. The molecule has 0 spiro atoms. The molecule has 0 radical (unpaired) electrons. The maximum atomic E-state index is 13.1. The summed E-state index contributed by atoms with van der Waals surface area (Å²) >= 11 is 0. The lowest BCUT2D eigenvalue weighted by Crippen LogP contribution is -2.32. The number of benzene rings is 2. The van der Waals surface area contributed by atoms with E-state index in [4.69, 9.17) is 9.15 Å². The Morgan fingerprint density at radius 1 is 1.15 bits per heavy atom. The third-order valence-corrected chi connectivity index (χ3v) is 5.29. The van der Waals surface area contributed by atoms with E-state index in [1.807, 2.05) is 20.8 Å². The number of nitrogens with zero attached hydrogens (tertiary/aromatic N) is 1. The van der Waals surface area contributed by atoms with Crippen LogP contribution in [0.4, 0.5) is 4.39 Å². The standard InChI is InChI=1S/C22H22FNO3/c1-4-18-13(2)19-9-16-11-24(10-15-5-7-17(23)8-6-15)12-26-20(16)14(3)21(19)27-22(18)25/h5-9H,4,10-12H2,1-3H3. The highest BCUT2D eigenvalue weighted by molar-refractivity contribution is 5.87. The summed E-state index contributed by atoms with van der Waals surface area (Å²) in [6, 6.07) is 8.62. The van der Waals surface area contributed by atoms with Crippen LogP contribution >= 0.6 is 0 Å². The average molecular weight is 367 g/mol. The third-order valence-electron chi connectivity index (χ3n) is 5.29. The van der Waals surface area contributed by atoms with Crippen LogP contribution in [0.25, 0.3) is 11.0 Å². The molecule has 1 aliphatic heterocycles. The van der Waals surface area contributed by atoms with Gasteiger partial charge in [-0.2, -0.15) is 0 Å². The lowest BCUT2D eigenvalue weighted by Gasteiger charge is -2.30. The zero-order valence-electron chi connectivity index (χ0n) is 15.8. The molecule has 1 aromatic heterocycles. The second-order valence-electron chi connectivity index (χ2n) is 7.10. The molecule has 27 heavy (non-hydrogen) atoms. The molecule has 0 saturated carbocycles. The van der Waals surface area contributed by atoms with Crippen LogP contribution in [0.15, 0.2) is 39.5 Å². The number of ether oxygens (including phenoxy) is 1. The van der Waals surface area contributed by atoms with Crippen molar-refractivity contribution < 1.29 is 13.5 Å². The summed E-state index contributed by atoms with van der Waals surface area (Å²) in [7, 11) is 0. The quantitative estimate of drug-likeness (QED) is 0.641. The zero-order valence-corrected chi connectivity index (χ0v) is 15.8. The van der Waals surface area contributed by atoms with Crippen molar-refractivity contribution >= 4 is 11.0 Å². The molecule has 0 bridgehead atoms. The number of hydrogen-bond acceptors (Lipinski definition) is 4. The lowest BCUT2D eigenvalue weighted by molar-refractivity contribution is 0.0881. The molecule has 0 fully saturated rings. The first-order chi connectivity index (χ1) is 13.0. The Bertz CT molecular complexity index is 1070. The van der Waals surface area contributed by atoms with Crippen LogP contribution in [0, 0.1) is 19.7 Å². The zero-order chi connectivity index (χ0) is 19.1. The van der Waals surface area contributed by atoms with Gasteiger partial charge in [-0.05, 0) is 49.6 Å². The highest BCUT2D eigenvalue weighted by atomic mass is 19.1. The fourth-order valence-corrected chi connectivity index (χ4v) is 3.85. The Labute approximate surface area is 157 Å². The molecule has 3 aromatic rings. The maximum Gasteiger partial charge on any atom is 0.339 e. The molecule has 4 rings (SSSR count). The summed E-state index contributed by atoms with van der Waals surface area (Å²) in [6.07, 6.45) is 0.646. The van der Waals surface area contributed by atoms with Gasteiger partial charge in [-0.1, -0.05) is 19.1 Å². The maximum absolute atomic E-state index is 13.1. The van der Waals surface area contributed by atoms with Gasteiger partial charge in [0, 0.05) is 35.2 Å². The minimum Gasteiger partial charge on any atom is -0.477 e. The predicted octanol–water partition coefficient (Wildman–Crippen LogP) is 4.46. The molecule has 0 N–H and O–H groups in total. The van der Waals surface area contributed by atoms with Crippen molar-refractivity contribution in [2.24, 2.45) is 0 Å². The van der Waals surface area contributed by atoms with Gasteiger partial charge in [0.05, 0.1) is 0 Å². The summed E-state index contributed by atoms with van der Waals surface area (Å²) in [4.78, 5) is 14.4. The first-order valence-corrected chi connectivity index (χ1v) is 9.16. The Morgan fingerprint density at radius 2 is 1.89 bits per heavy atom. The fourth-order valence-electron chi connectivity index (χ4n) is 3.85. The second-order valence-corrected chi connectivity index (χ2v) is 7.10. The van der Waals surface area contributed by atoms with Gasteiger partial charge in [-0.25, -0.2) is 9.18 Å². The largest absolute Gasteiger partial charge is 0.477 e. The van der Waals surface area contributed by atoms with Crippen LogP contribution in [-0.2, 0) is 19.5 Å². The van der Waals surface area contributed by atoms with Gasteiger partial charge < -0.3 is 9.15 Å². The number of halogens is 1. The molecular weight excluding hydrogens is 345 g/mol. The summed E-state index contributed by atoms with van der Waals surface area (Å²) in [5.41, 5.74) is 5.03. The third kappa shape index (κ3) is 3.12. The van der Waals surface area contributed by atoms with E-state index in [9.17, 15) is 9.18 Å². The van der Waals surface area contributed by atoms with Gasteiger partial charge in [0.1, 0.15) is 23.9 Å². The molecule has 0 unspecified atom stereocenters. The predicted molar refractivity (Wildman–Crippen MR) is 102 cm³/mol. The molecule has 140 valence electrons. The molecule has 2 heterocycles. The first-order valence-electron chi connectivity index (χ1n) is 9.16. The van der Waals surface area contributed by atoms with Crippen molar-refractivity contribution in [1.82, 2.24) is 4.90 Å². The molecule has 1 aliphatic rings. The lowest BCUT2D eigenvalue weighted by atomic mass is 9.98. The van der Waals surface area contributed by atoms with E-state index in [1.165, 1.54) is 12.1 Å². The first kappa shape index (κ1) is 17.7. The van der Waals surface area contributed by atoms with Crippen LogP contribution < -0.4 is 10.4 Å². The molecule has 0 saturated heterocycles. The molecule has 0 aliphatic carbocycles. The van der Waals surface area contributed by atoms with Gasteiger partial charge in [-0.3, -0.25) is 4.90 Å². The number of aryl methyl sites for hydroxylation is 2. The Hall–Kier alpha value is -2.66. The van der Waals surface area contributed by atoms with Crippen molar-refractivity contribution in [2.45, 2.75) is 40.3 Å². The highest BCUT2D eigenvalue weighted by Crippen LogP contribution is 2.36. The Kier molecular flexibility index (Phi) is 4.48. The van der Waals surface area contributed by atoms with E-state index >= 15 is 0 Å². The van der Waals surface area contributed by atoms with Crippen molar-refractivity contribution in [2.75, 3.05) is 6.73 Å². The second kappa shape index (κ2) is 6.82. The Morgan fingerprint density at radius 3 is 2.59 bits per heavy atom. The van der Waals surface area contributed by atoms with E-state index in [0.29, 0.717) is 25.3 Å². The van der Waals surface area contributed by atoms with Crippen LogP contribution in [0.1, 0.15) is 34.7 Å². The highest BCUT2D eigenvalue weighted by Gasteiger charge is 2.23. The summed E-state index contributed by atoms with van der Waals surface area (Å²) in [6.45, 7) is 7.72. The van der Waals surface area contributed by atoms with E-state index in [-0.39, 0.29) is 11.4 Å². The topological polar surface area (TPSA) is 42.7 Å². The van der Waals surface area contributed by atoms with E-state index in [1.54, 1.807) is 12.1 Å². The van der Waals surface area contributed by atoms with E-state index < -0.39 is 0 Å². The number of hydrogen-bond donors (Lipinski definition) is 0. The fraction of sp³-hybridized carbons (Fsp3) is 0.318. The van der Waals surface area contributed by atoms with E-state index in [2.05, 4.69) is 11.0 Å².